The minimum atomic E-state index is 0.346. The number of nitrogens with zero attached hydrogens (tertiary/aromatic N) is 2. The monoisotopic (exact) mass is 291 g/mol. The maximum absolute atomic E-state index is 5.74. The molecule has 0 radical (unpaired) electrons. The zero-order valence-electron chi connectivity index (χ0n) is 13.6. The third-order valence-corrected chi connectivity index (χ3v) is 4.13. The lowest BCUT2D eigenvalue weighted by atomic mass is 10.0. The minimum Gasteiger partial charge on any atom is -0.378 e. The van der Waals surface area contributed by atoms with Crippen molar-refractivity contribution < 1.29 is 4.74 Å². The van der Waals surface area contributed by atoms with Crippen molar-refractivity contribution in [1.82, 2.24) is 10.3 Å². The van der Waals surface area contributed by atoms with Crippen molar-refractivity contribution in [3.05, 3.63) is 23.9 Å². The fraction of sp³-hybridized carbons (Fsp3) is 0.706. The molecule has 0 amide bonds. The Labute approximate surface area is 128 Å². The molecule has 1 unspecified atom stereocenters. The summed E-state index contributed by atoms with van der Waals surface area (Å²) in [6.45, 7) is 10.4. The number of hydrogen-bond donors (Lipinski definition) is 1. The lowest BCUT2D eigenvalue weighted by Gasteiger charge is -2.34. The van der Waals surface area contributed by atoms with Crippen molar-refractivity contribution in [1.29, 1.82) is 0 Å². The van der Waals surface area contributed by atoms with E-state index in [4.69, 9.17) is 4.74 Å². The summed E-state index contributed by atoms with van der Waals surface area (Å²) in [6, 6.07) is 4.58. The lowest BCUT2D eigenvalue weighted by Crippen LogP contribution is -2.38. The summed E-state index contributed by atoms with van der Waals surface area (Å²) in [5.41, 5.74) is 1.31. The molecule has 1 N–H and O–H groups in total. The van der Waals surface area contributed by atoms with Gasteiger partial charge >= 0.3 is 0 Å². The first-order valence-electron chi connectivity index (χ1n) is 8.31. The molecular formula is C17H29N3O. The zero-order valence-corrected chi connectivity index (χ0v) is 13.6. The van der Waals surface area contributed by atoms with Gasteiger partial charge < -0.3 is 15.0 Å². The van der Waals surface area contributed by atoms with E-state index in [1.54, 1.807) is 0 Å². The van der Waals surface area contributed by atoms with E-state index in [1.165, 1.54) is 5.56 Å². The first kappa shape index (κ1) is 16.2. The maximum atomic E-state index is 5.74. The molecule has 1 aromatic heterocycles. The van der Waals surface area contributed by atoms with E-state index in [-0.39, 0.29) is 0 Å². The second kappa shape index (κ2) is 8.35. The van der Waals surface area contributed by atoms with E-state index in [0.717, 1.165) is 51.3 Å². The van der Waals surface area contributed by atoms with Crippen LogP contribution in [0.1, 0.15) is 51.6 Å². The van der Waals surface area contributed by atoms with E-state index >= 15 is 0 Å². The highest BCUT2D eigenvalue weighted by Crippen LogP contribution is 2.27. The number of aromatic nitrogens is 1. The molecule has 4 heteroatoms. The Kier molecular flexibility index (Phi) is 6.46. The molecule has 2 rings (SSSR count). The summed E-state index contributed by atoms with van der Waals surface area (Å²) in [5, 5.41) is 3.57. The SMILES string of the molecule is CCCNC(C)c1cccnc1N1CCC(OCC)CC1. The fourth-order valence-corrected chi connectivity index (χ4v) is 2.95. The quantitative estimate of drug-likeness (QED) is 0.837. The summed E-state index contributed by atoms with van der Waals surface area (Å²) in [7, 11) is 0. The van der Waals surface area contributed by atoms with E-state index in [9.17, 15) is 0 Å². The largest absolute Gasteiger partial charge is 0.378 e. The molecule has 1 atom stereocenters. The number of anilines is 1. The molecule has 2 heterocycles. The third kappa shape index (κ3) is 4.42. The number of piperidine rings is 1. The summed E-state index contributed by atoms with van der Waals surface area (Å²) in [6.07, 6.45) is 5.68. The van der Waals surface area contributed by atoms with Gasteiger partial charge in [-0.2, -0.15) is 0 Å². The van der Waals surface area contributed by atoms with Gasteiger partial charge in [0.25, 0.3) is 0 Å². The molecule has 1 saturated heterocycles. The first-order chi connectivity index (χ1) is 10.3. The molecule has 0 saturated carbocycles. The van der Waals surface area contributed by atoms with Crippen LogP contribution in [0.3, 0.4) is 0 Å². The predicted molar refractivity (Wildman–Crippen MR) is 87.8 cm³/mol. The summed E-state index contributed by atoms with van der Waals surface area (Å²) < 4.78 is 5.74. The highest BCUT2D eigenvalue weighted by molar-refractivity contribution is 5.48. The highest BCUT2D eigenvalue weighted by atomic mass is 16.5. The molecule has 4 nitrogen and oxygen atoms in total. The van der Waals surface area contributed by atoms with Gasteiger partial charge in [-0.15, -0.1) is 0 Å². The molecule has 1 aliphatic heterocycles. The Morgan fingerprint density at radius 3 is 2.81 bits per heavy atom. The summed E-state index contributed by atoms with van der Waals surface area (Å²) in [4.78, 5) is 7.06. The van der Waals surface area contributed by atoms with Crippen LogP contribution in [0.4, 0.5) is 5.82 Å². The van der Waals surface area contributed by atoms with E-state index in [2.05, 4.69) is 42.0 Å². The van der Waals surface area contributed by atoms with Gasteiger partial charge in [-0.25, -0.2) is 4.98 Å². The van der Waals surface area contributed by atoms with Crippen LogP contribution in [-0.2, 0) is 4.74 Å². The van der Waals surface area contributed by atoms with E-state index < -0.39 is 0 Å². The standard InChI is InChI=1S/C17H29N3O/c1-4-10-18-14(3)16-7-6-11-19-17(16)20-12-8-15(9-13-20)21-5-2/h6-7,11,14-15,18H,4-5,8-10,12-13H2,1-3H3. The number of rotatable bonds is 7. The van der Waals surface area contributed by atoms with Crippen molar-refractivity contribution in [2.45, 2.75) is 52.2 Å². The van der Waals surface area contributed by atoms with Crippen LogP contribution >= 0.6 is 0 Å². The van der Waals surface area contributed by atoms with Gasteiger partial charge in [-0.3, -0.25) is 0 Å². The third-order valence-electron chi connectivity index (χ3n) is 4.13. The molecule has 0 aliphatic carbocycles. The van der Waals surface area contributed by atoms with Crippen molar-refractivity contribution >= 4 is 5.82 Å². The Bertz CT molecular complexity index is 416. The van der Waals surface area contributed by atoms with Gasteiger partial charge in [0, 0.05) is 37.5 Å². The average Bonchev–Trinajstić information content (AvgIpc) is 2.54. The summed E-state index contributed by atoms with van der Waals surface area (Å²) in [5.74, 6) is 1.14. The molecule has 1 aliphatic rings. The highest BCUT2D eigenvalue weighted by Gasteiger charge is 2.23. The smallest absolute Gasteiger partial charge is 0.133 e. The van der Waals surface area contributed by atoms with Crippen LogP contribution in [0.2, 0.25) is 0 Å². The molecule has 0 bridgehead atoms. The van der Waals surface area contributed by atoms with Gasteiger partial charge in [-0.1, -0.05) is 13.0 Å². The van der Waals surface area contributed by atoms with Gasteiger partial charge in [0.15, 0.2) is 0 Å². The Morgan fingerprint density at radius 1 is 1.38 bits per heavy atom. The Balaban J connectivity index is 2.03. The number of ether oxygens (including phenoxy) is 1. The van der Waals surface area contributed by atoms with Crippen LogP contribution in [0.25, 0.3) is 0 Å². The van der Waals surface area contributed by atoms with E-state index in [0.29, 0.717) is 12.1 Å². The molecule has 118 valence electrons. The molecule has 1 aromatic rings. The van der Waals surface area contributed by atoms with E-state index in [1.807, 2.05) is 12.3 Å². The van der Waals surface area contributed by atoms with Crippen molar-refractivity contribution in [3.63, 3.8) is 0 Å². The zero-order chi connectivity index (χ0) is 15.1. The van der Waals surface area contributed by atoms with Crippen molar-refractivity contribution in [2.24, 2.45) is 0 Å². The number of pyridine rings is 1. The lowest BCUT2D eigenvalue weighted by molar-refractivity contribution is 0.0458. The maximum Gasteiger partial charge on any atom is 0.133 e. The predicted octanol–water partition coefficient (Wildman–Crippen LogP) is 3.15. The van der Waals surface area contributed by atoms with Crippen LogP contribution in [-0.4, -0.2) is 37.3 Å². The minimum absolute atomic E-state index is 0.346. The van der Waals surface area contributed by atoms with Gasteiger partial charge in [-0.05, 0) is 45.7 Å². The van der Waals surface area contributed by atoms with Crippen LogP contribution in [0, 0.1) is 0 Å². The second-order valence-corrected chi connectivity index (χ2v) is 5.73. The second-order valence-electron chi connectivity index (χ2n) is 5.73. The first-order valence-corrected chi connectivity index (χ1v) is 8.31. The van der Waals surface area contributed by atoms with Crippen LogP contribution < -0.4 is 10.2 Å². The van der Waals surface area contributed by atoms with Crippen molar-refractivity contribution in [3.8, 4) is 0 Å². The topological polar surface area (TPSA) is 37.4 Å². The van der Waals surface area contributed by atoms with Crippen LogP contribution in [0.5, 0.6) is 0 Å². The Morgan fingerprint density at radius 2 is 2.14 bits per heavy atom. The van der Waals surface area contributed by atoms with Gasteiger partial charge in [0.05, 0.1) is 6.10 Å². The molecule has 1 fully saturated rings. The van der Waals surface area contributed by atoms with Gasteiger partial charge in [0.1, 0.15) is 5.82 Å². The normalized spacial score (nSPS) is 18.0. The van der Waals surface area contributed by atoms with Gasteiger partial charge in [0.2, 0.25) is 0 Å². The average molecular weight is 291 g/mol. The van der Waals surface area contributed by atoms with Crippen LogP contribution in [0.15, 0.2) is 18.3 Å². The number of nitrogens with one attached hydrogen (secondary N) is 1. The fourth-order valence-electron chi connectivity index (χ4n) is 2.95. The Hall–Kier alpha value is -1.13. The molecule has 21 heavy (non-hydrogen) atoms. The van der Waals surface area contributed by atoms with Crippen molar-refractivity contribution in [2.75, 3.05) is 31.1 Å². The molecule has 0 aromatic carbocycles. The molecular weight excluding hydrogens is 262 g/mol. The summed E-state index contributed by atoms with van der Waals surface area (Å²) >= 11 is 0. The number of hydrogen-bond acceptors (Lipinski definition) is 4. The molecule has 0 spiro atoms.